The maximum absolute atomic E-state index is 3.42. The lowest BCUT2D eigenvalue weighted by Crippen LogP contribution is -2.22. The van der Waals surface area contributed by atoms with E-state index in [4.69, 9.17) is 0 Å². The van der Waals surface area contributed by atoms with Crippen LogP contribution in [-0.2, 0) is 0 Å². The number of rotatable bonds is 2. The predicted molar refractivity (Wildman–Crippen MR) is 38.3 cm³/mol. The van der Waals surface area contributed by atoms with Gasteiger partial charge in [-0.1, -0.05) is 25.0 Å². The molecule has 50 valence electrons. The van der Waals surface area contributed by atoms with Gasteiger partial charge < -0.3 is 5.32 Å². The summed E-state index contributed by atoms with van der Waals surface area (Å²) in [7, 11) is 0. The van der Waals surface area contributed by atoms with Crippen molar-refractivity contribution in [1.29, 1.82) is 0 Å². The second-order valence-electron chi connectivity index (χ2n) is 3.12. The van der Waals surface area contributed by atoms with Gasteiger partial charge in [-0.25, -0.2) is 0 Å². The summed E-state index contributed by atoms with van der Waals surface area (Å²) in [4.78, 5) is 0. The average molecular weight is 123 g/mol. The molecule has 1 saturated carbocycles. The third kappa shape index (κ3) is 1.33. The van der Waals surface area contributed by atoms with Crippen LogP contribution in [0.15, 0.2) is 12.2 Å². The Kier molecular flexibility index (Phi) is 1.31. The van der Waals surface area contributed by atoms with Crippen LogP contribution in [0.1, 0.15) is 19.3 Å². The molecule has 1 heteroatoms. The van der Waals surface area contributed by atoms with Crippen molar-refractivity contribution in [3.63, 3.8) is 0 Å². The molecule has 0 radical (unpaired) electrons. The minimum Gasteiger partial charge on any atom is -0.307 e. The van der Waals surface area contributed by atoms with Gasteiger partial charge >= 0.3 is 0 Å². The molecule has 0 aromatic carbocycles. The summed E-state index contributed by atoms with van der Waals surface area (Å²) in [5, 5.41) is 3.42. The van der Waals surface area contributed by atoms with Gasteiger partial charge in [0.05, 0.1) is 0 Å². The fourth-order valence-corrected chi connectivity index (χ4v) is 1.39. The number of nitrogens with one attached hydrogen (secondary N) is 1. The standard InChI is InChI=1S/C8H13N/c1-2-8(9-5-1)6-7-3-4-7/h1-2,7-9H,3-6H2/t8-/m1/s1. The summed E-state index contributed by atoms with van der Waals surface area (Å²) in [6.07, 6.45) is 8.87. The molecule has 0 amide bonds. The van der Waals surface area contributed by atoms with Crippen molar-refractivity contribution in [2.24, 2.45) is 5.92 Å². The molecular formula is C8H13N. The van der Waals surface area contributed by atoms with E-state index in [1.54, 1.807) is 0 Å². The molecule has 0 bridgehead atoms. The summed E-state index contributed by atoms with van der Waals surface area (Å²) in [6.45, 7) is 1.09. The van der Waals surface area contributed by atoms with E-state index in [0.29, 0.717) is 0 Å². The molecule has 1 aliphatic heterocycles. The second-order valence-corrected chi connectivity index (χ2v) is 3.12. The van der Waals surface area contributed by atoms with Crippen molar-refractivity contribution in [2.75, 3.05) is 6.54 Å². The lowest BCUT2D eigenvalue weighted by atomic mass is 10.1. The zero-order valence-corrected chi connectivity index (χ0v) is 5.64. The van der Waals surface area contributed by atoms with Crippen LogP contribution >= 0.6 is 0 Å². The van der Waals surface area contributed by atoms with E-state index in [1.165, 1.54) is 19.3 Å². The van der Waals surface area contributed by atoms with E-state index in [1.807, 2.05) is 0 Å². The Hall–Kier alpha value is -0.300. The maximum Gasteiger partial charge on any atom is 0.0256 e. The molecule has 1 heterocycles. The molecule has 2 aliphatic rings. The van der Waals surface area contributed by atoms with Crippen molar-refractivity contribution in [3.05, 3.63) is 12.2 Å². The average Bonchev–Trinajstić information content (AvgIpc) is 2.46. The van der Waals surface area contributed by atoms with E-state index >= 15 is 0 Å². The monoisotopic (exact) mass is 123 g/mol. The van der Waals surface area contributed by atoms with Crippen molar-refractivity contribution in [1.82, 2.24) is 5.32 Å². The Labute approximate surface area is 56.1 Å². The van der Waals surface area contributed by atoms with Gasteiger partial charge in [-0.05, 0) is 12.3 Å². The smallest absolute Gasteiger partial charge is 0.0256 e. The van der Waals surface area contributed by atoms with Gasteiger partial charge in [-0.15, -0.1) is 0 Å². The van der Waals surface area contributed by atoms with Crippen LogP contribution in [0.3, 0.4) is 0 Å². The van der Waals surface area contributed by atoms with Crippen molar-refractivity contribution in [3.8, 4) is 0 Å². The summed E-state index contributed by atoms with van der Waals surface area (Å²) >= 11 is 0. The molecule has 2 rings (SSSR count). The first-order valence-electron chi connectivity index (χ1n) is 3.85. The van der Waals surface area contributed by atoms with Crippen molar-refractivity contribution in [2.45, 2.75) is 25.3 Å². The largest absolute Gasteiger partial charge is 0.307 e. The molecule has 1 N–H and O–H groups in total. The lowest BCUT2D eigenvalue weighted by Gasteiger charge is -2.05. The normalized spacial score (nSPS) is 33.6. The van der Waals surface area contributed by atoms with Gasteiger partial charge in [0.15, 0.2) is 0 Å². The zero-order chi connectivity index (χ0) is 6.10. The highest BCUT2D eigenvalue weighted by atomic mass is 14.9. The quantitative estimate of drug-likeness (QED) is 0.546. The third-order valence-corrected chi connectivity index (χ3v) is 2.15. The van der Waals surface area contributed by atoms with Crippen LogP contribution in [0.2, 0.25) is 0 Å². The van der Waals surface area contributed by atoms with E-state index in [0.717, 1.165) is 18.5 Å². The van der Waals surface area contributed by atoms with Gasteiger partial charge in [-0.2, -0.15) is 0 Å². The molecule has 1 atom stereocenters. The Morgan fingerprint density at radius 3 is 2.89 bits per heavy atom. The first-order valence-corrected chi connectivity index (χ1v) is 3.85. The zero-order valence-electron chi connectivity index (χ0n) is 5.64. The molecule has 1 aliphatic carbocycles. The summed E-state index contributed by atoms with van der Waals surface area (Å²) < 4.78 is 0. The molecular weight excluding hydrogens is 110 g/mol. The number of hydrogen-bond donors (Lipinski definition) is 1. The van der Waals surface area contributed by atoms with Gasteiger partial charge in [-0.3, -0.25) is 0 Å². The Balaban J connectivity index is 1.77. The van der Waals surface area contributed by atoms with E-state index in [9.17, 15) is 0 Å². The topological polar surface area (TPSA) is 12.0 Å². The molecule has 0 unspecified atom stereocenters. The highest BCUT2D eigenvalue weighted by molar-refractivity contribution is 5.03. The summed E-state index contributed by atoms with van der Waals surface area (Å²) in [6, 6.07) is 0.720. The van der Waals surface area contributed by atoms with Crippen LogP contribution in [0.5, 0.6) is 0 Å². The van der Waals surface area contributed by atoms with Crippen LogP contribution in [0.4, 0.5) is 0 Å². The maximum atomic E-state index is 3.42. The Bertz CT molecular complexity index is 125. The first-order chi connectivity index (χ1) is 4.45. The van der Waals surface area contributed by atoms with Crippen LogP contribution in [0, 0.1) is 5.92 Å². The highest BCUT2D eigenvalue weighted by Gasteiger charge is 2.24. The first kappa shape index (κ1) is 5.48. The molecule has 1 nitrogen and oxygen atoms in total. The van der Waals surface area contributed by atoms with Crippen LogP contribution in [-0.4, -0.2) is 12.6 Å². The van der Waals surface area contributed by atoms with E-state index in [-0.39, 0.29) is 0 Å². The molecule has 0 aromatic rings. The molecule has 9 heavy (non-hydrogen) atoms. The van der Waals surface area contributed by atoms with Crippen LogP contribution < -0.4 is 5.32 Å². The van der Waals surface area contributed by atoms with E-state index in [2.05, 4.69) is 17.5 Å². The van der Waals surface area contributed by atoms with Gasteiger partial charge in [0.1, 0.15) is 0 Å². The molecule has 0 aromatic heterocycles. The van der Waals surface area contributed by atoms with Gasteiger partial charge in [0, 0.05) is 12.6 Å². The fraction of sp³-hybridized carbons (Fsp3) is 0.750. The highest BCUT2D eigenvalue weighted by Crippen LogP contribution is 2.33. The van der Waals surface area contributed by atoms with Crippen molar-refractivity contribution >= 4 is 0 Å². The van der Waals surface area contributed by atoms with Crippen LogP contribution in [0.25, 0.3) is 0 Å². The fourth-order valence-electron chi connectivity index (χ4n) is 1.39. The number of hydrogen-bond acceptors (Lipinski definition) is 1. The summed E-state index contributed by atoms with van der Waals surface area (Å²) in [5.41, 5.74) is 0. The van der Waals surface area contributed by atoms with Crippen molar-refractivity contribution < 1.29 is 0 Å². The lowest BCUT2D eigenvalue weighted by molar-refractivity contribution is 0.575. The minimum absolute atomic E-state index is 0.720. The Morgan fingerprint density at radius 2 is 2.33 bits per heavy atom. The third-order valence-electron chi connectivity index (χ3n) is 2.15. The van der Waals surface area contributed by atoms with Gasteiger partial charge in [0.2, 0.25) is 0 Å². The minimum atomic E-state index is 0.720. The molecule has 1 fully saturated rings. The Morgan fingerprint density at radius 1 is 1.44 bits per heavy atom. The molecule has 0 saturated heterocycles. The predicted octanol–water partition coefficient (Wildman–Crippen LogP) is 1.31. The molecule has 0 spiro atoms. The SMILES string of the molecule is C1=C[C@H](CC2CC2)NC1. The summed E-state index contributed by atoms with van der Waals surface area (Å²) in [5.74, 6) is 1.06. The van der Waals surface area contributed by atoms with E-state index < -0.39 is 0 Å². The van der Waals surface area contributed by atoms with Gasteiger partial charge in [0.25, 0.3) is 0 Å². The second kappa shape index (κ2) is 2.14.